The fourth-order valence-corrected chi connectivity index (χ4v) is 1.86. The second-order valence-electron chi connectivity index (χ2n) is 5.06. The van der Waals surface area contributed by atoms with Gasteiger partial charge in [-0.3, -0.25) is 4.79 Å². The maximum absolute atomic E-state index is 11.0. The van der Waals surface area contributed by atoms with Crippen LogP contribution in [0.1, 0.15) is 50.7 Å². The van der Waals surface area contributed by atoms with E-state index in [0.29, 0.717) is 11.8 Å². The number of esters is 1. The highest BCUT2D eigenvalue weighted by Gasteiger charge is 2.15. The Kier molecular flexibility index (Phi) is 8.26. The third-order valence-electron chi connectivity index (χ3n) is 2.91. The molecule has 0 amide bonds. The Hall–Kier alpha value is -1.26. The number of carbonyl (C=O) groups is 1. The van der Waals surface area contributed by atoms with Crippen molar-refractivity contribution in [2.24, 2.45) is 5.73 Å². The second-order valence-corrected chi connectivity index (χ2v) is 5.06. The normalized spacial score (nSPS) is 10.3. The van der Waals surface area contributed by atoms with E-state index in [4.69, 9.17) is 15.2 Å². The van der Waals surface area contributed by atoms with Crippen LogP contribution in [0.5, 0.6) is 5.75 Å². The van der Waals surface area contributed by atoms with Crippen LogP contribution in [0.25, 0.3) is 0 Å². The summed E-state index contributed by atoms with van der Waals surface area (Å²) in [6.45, 7) is 8.21. The van der Waals surface area contributed by atoms with Crippen molar-refractivity contribution in [1.82, 2.24) is 0 Å². The fraction of sp³-hybridized carbons (Fsp3) is 0.533. The van der Waals surface area contributed by atoms with Crippen LogP contribution in [0, 0.1) is 0 Å². The predicted molar refractivity (Wildman–Crippen MR) is 82.5 cm³/mol. The molecule has 0 saturated carbocycles. The average Bonchev–Trinajstić information content (AvgIpc) is 2.37. The standard InChI is InChI=1S/C15H23NO3.ClH/c1-10(2)12-6-5-7-13(11(3)4)15(12)19-9-18-14(17)8-16;/h5-7,10-11H,8-9,16H2,1-4H3;1H. The van der Waals surface area contributed by atoms with Gasteiger partial charge in [-0.05, 0) is 23.0 Å². The number of benzene rings is 1. The first-order chi connectivity index (χ1) is 8.97. The fourth-order valence-electron chi connectivity index (χ4n) is 1.86. The summed E-state index contributed by atoms with van der Waals surface area (Å²) in [6, 6.07) is 6.11. The SMILES string of the molecule is CC(C)c1cccc(C(C)C)c1OCOC(=O)CN.Cl. The van der Waals surface area contributed by atoms with Gasteiger partial charge in [-0.1, -0.05) is 45.9 Å². The molecule has 0 saturated heterocycles. The molecule has 0 heterocycles. The molecule has 0 unspecified atom stereocenters. The second kappa shape index (κ2) is 8.82. The summed E-state index contributed by atoms with van der Waals surface area (Å²) in [6.07, 6.45) is 0. The Morgan fingerprint density at radius 2 is 1.65 bits per heavy atom. The van der Waals surface area contributed by atoms with Crippen molar-refractivity contribution in [2.45, 2.75) is 39.5 Å². The van der Waals surface area contributed by atoms with Gasteiger partial charge in [-0.15, -0.1) is 12.4 Å². The van der Waals surface area contributed by atoms with Gasteiger partial charge in [0.1, 0.15) is 5.75 Å². The zero-order chi connectivity index (χ0) is 14.4. The minimum absolute atomic E-state index is 0. The van der Waals surface area contributed by atoms with Crippen molar-refractivity contribution in [3.8, 4) is 5.75 Å². The van der Waals surface area contributed by atoms with E-state index in [1.807, 2.05) is 18.2 Å². The first-order valence-electron chi connectivity index (χ1n) is 6.58. The zero-order valence-electron chi connectivity index (χ0n) is 12.5. The van der Waals surface area contributed by atoms with Crippen LogP contribution in [0.4, 0.5) is 0 Å². The molecule has 0 bridgehead atoms. The molecule has 5 heteroatoms. The molecule has 0 aliphatic rings. The summed E-state index contributed by atoms with van der Waals surface area (Å²) in [7, 11) is 0. The first-order valence-corrected chi connectivity index (χ1v) is 6.58. The van der Waals surface area contributed by atoms with Crippen molar-refractivity contribution in [2.75, 3.05) is 13.3 Å². The number of ether oxygens (including phenoxy) is 2. The Bertz CT molecular complexity index is 407. The minimum atomic E-state index is -0.465. The monoisotopic (exact) mass is 301 g/mol. The number of carbonyl (C=O) groups excluding carboxylic acids is 1. The van der Waals surface area contributed by atoms with E-state index in [9.17, 15) is 4.79 Å². The van der Waals surface area contributed by atoms with Gasteiger partial charge in [0.05, 0.1) is 6.54 Å². The number of hydrogen-bond acceptors (Lipinski definition) is 4. The Balaban J connectivity index is 0.00000361. The summed E-state index contributed by atoms with van der Waals surface area (Å²) in [5, 5.41) is 0. The smallest absolute Gasteiger partial charge is 0.322 e. The third kappa shape index (κ3) is 5.02. The van der Waals surface area contributed by atoms with Crippen molar-refractivity contribution in [1.29, 1.82) is 0 Å². The molecule has 2 N–H and O–H groups in total. The van der Waals surface area contributed by atoms with E-state index in [0.717, 1.165) is 16.9 Å². The van der Waals surface area contributed by atoms with Gasteiger partial charge < -0.3 is 15.2 Å². The van der Waals surface area contributed by atoms with Gasteiger partial charge in [0.25, 0.3) is 0 Å². The van der Waals surface area contributed by atoms with Crippen molar-refractivity contribution < 1.29 is 14.3 Å². The molecule has 0 atom stereocenters. The van der Waals surface area contributed by atoms with E-state index in [1.165, 1.54) is 0 Å². The van der Waals surface area contributed by atoms with Crippen LogP contribution < -0.4 is 10.5 Å². The molecular formula is C15H24ClNO3. The molecule has 114 valence electrons. The molecule has 4 nitrogen and oxygen atoms in total. The molecule has 0 aliphatic heterocycles. The number of para-hydroxylation sites is 1. The van der Waals surface area contributed by atoms with Gasteiger partial charge in [0.2, 0.25) is 6.79 Å². The maximum Gasteiger partial charge on any atom is 0.322 e. The summed E-state index contributed by atoms with van der Waals surface area (Å²) in [4.78, 5) is 11.0. The lowest BCUT2D eigenvalue weighted by Crippen LogP contribution is -2.19. The lowest BCUT2D eigenvalue weighted by atomic mass is 9.94. The molecular weight excluding hydrogens is 278 g/mol. The highest BCUT2D eigenvalue weighted by molar-refractivity contribution is 5.85. The van der Waals surface area contributed by atoms with E-state index in [1.54, 1.807) is 0 Å². The Morgan fingerprint density at radius 1 is 1.15 bits per heavy atom. The summed E-state index contributed by atoms with van der Waals surface area (Å²) < 4.78 is 10.5. The highest BCUT2D eigenvalue weighted by Crippen LogP contribution is 2.34. The number of nitrogens with two attached hydrogens (primary N) is 1. The third-order valence-corrected chi connectivity index (χ3v) is 2.91. The van der Waals surface area contributed by atoms with Crippen LogP contribution in [0.3, 0.4) is 0 Å². The summed E-state index contributed by atoms with van der Waals surface area (Å²) >= 11 is 0. The van der Waals surface area contributed by atoms with E-state index in [-0.39, 0.29) is 25.7 Å². The Labute approximate surface area is 127 Å². The molecule has 0 spiro atoms. The molecule has 1 rings (SSSR count). The zero-order valence-corrected chi connectivity index (χ0v) is 13.3. The topological polar surface area (TPSA) is 61.5 Å². The maximum atomic E-state index is 11.0. The lowest BCUT2D eigenvalue weighted by Gasteiger charge is -2.19. The lowest BCUT2D eigenvalue weighted by molar-refractivity contribution is -0.148. The average molecular weight is 302 g/mol. The van der Waals surface area contributed by atoms with Gasteiger partial charge >= 0.3 is 5.97 Å². The van der Waals surface area contributed by atoms with Crippen LogP contribution in [0.15, 0.2) is 18.2 Å². The van der Waals surface area contributed by atoms with Crippen LogP contribution >= 0.6 is 12.4 Å². The van der Waals surface area contributed by atoms with Gasteiger partial charge in [0, 0.05) is 0 Å². The van der Waals surface area contributed by atoms with Crippen LogP contribution in [-0.4, -0.2) is 19.3 Å². The molecule has 0 radical (unpaired) electrons. The molecule has 0 fully saturated rings. The van der Waals surface area contributed by atoms with Gasteiger partial charge in [-0.25, -0.2) is 0 Å². The van der Waals surface area contributed by atoms with Crippen LogP contribution in [-0.2, 0) is 9.53 Å². The van der Waals surface area contributed by atoms with Crippen LogP contribution in [0.2, 0.25) is 0 Å². The molecule has 20 heavy (non-hydrogen) atoms. The van der Waals surface area contributed by atoms with E-state index >= 15 is 0 Å². The van der Waals surface area contributed by atoms with Gasteiger partial charge in [0.15, 0.2) is 0 Å². The largest absolute Gasteiger partial charge is 0.457 e. The summed E-state index contributed by atoms with van der Waals surface area (Å²) in [5.41, 5.74) is 7.42. The number of hydrogen-bond donors (Lipinski definition) is 1. The molecule has 1 aromatic rings. The Morgan fingerprint density at radius 3 is 2.05 bits per heavy atom. The highest BCUT2D eigenvalue weighted by atomic mass is 35.5. The van der Waals surface area contributed by atoms with E-state index in [2.05, 4.69) is 27.7 Å². The number of rotatable bonds is 6. The predicted octanol–water partition coefficient (Wildman–Crippen LogP) is 3.19. The van der Waals surface area contributed by atoms with Crippen molar-refractivity contribution >= 4 is 18.4 Å². The number of halogens is 1. The van der Waals surface area contributed by atoms with Crippen molar-refractivity contribution in [3.63, 3.8) is 0 Å². The van der Waals surface area contributed by atoms with Gasteiger partial charge in [-0.2, -0.15) is 0 Å². The summed E-state index contributed by atoms with van der Waals surface area (Å²) in [5.74, 6) is 1.04. The molecule has 1 aromatic carbocycles. The quantitative estimate of drug-likeness (QED) is 0.647. The molecule has 0 aliphatic carbocycles. The minimum Gasteiger partial charge on any atom is -0.457 e. The first kappa shape index (κ1) is 18.7. The molecule has 0 aromatic heterocycles. The van der Waals surface area contributed by atoms with E-state index < -0.39 is 5.97 Å². The van der Waals surface area contributed by atoms with Crippen molar-refractivity contribution in [3.05, 3.63) is 29.3 Å².